The smallest absolute Gasteiger partial charge is 0.276 e. The molecule has 1 amide bonds. The molecule has 3 aromatic heterocycles. The molecule has 9 nitrogen and oxygen atoms in total. The van der Waals surface area contributed by atoms with Crippen molar-refractivity contribution in [3.05, 3.63) is 65.7 Å². The van der Waals surface area contributed by atoms with Crippen LogP contribution in [-0.2, 0) is 10.0 Å². The first-order valence-corrected chi connectivity index (χ1v) is 12.6. The fourth-order valence-corrected chi connectivity index (χ4v) is 6.79. The van der Waals surface area contributed by atoms with Gasteiger partial charge in [0.1, 0.15) is 4.21 Å². The van der Waals surface area contributed by atoms with Gasteiger partial charge in [0.25, 0.3) is 15.9 Å². The summed E-state index contributed by atoms with van der Waals surface area (Å²) >= 11 is 7.21. The standard InChI is InChI=1S/C21H17ClN6O3S2/c22-16-2-1-15-11-19(32-18(15)12-16)33(30,31)28-9-7-27(8-10-28)21(29)17-13-24-20(26-25-17)14-3-5-23-6-4-14/h1-6,11-13H,7-10H2. The second kappa shape index (κ2) is 8.75. The van der Waals surface area contributed by atoms with E-state index in [0.29, 0.717) is 10.8 Å². The number of halogens is 1. The highest BCUT2D eigenvalue weighted by Gasteiger charge is 2.32. The van der Waals surface area contributed by atoms with E-state index in [1.54, 1.807) is 53.7 Å². The number of aromatic nitrogens is 4. The van der Waals surface area contributed by atoms with Crippen molar-refractivity contribution < 1.29 is 13.2 Å². The molecule has 0 spiro atoms. The summed E-state index contributed by atoms with van der Waals surface area (Å²) in [7, 11) is -3.66. The molecule has 33 heavy (non-hydrogen) atoms. The largest absolute Gasteiger partial charge is 0.335 e. The SMILES string of the molecule is O=C(c1cnc(-c2ccncc2)nn1)N1CCN(S(=O)(=O)c2cc3ccc(Cl)cc3s2)CC1. The third-order valence-corrected chi connectivity index (χ3v) is 8.98. The number of hydrogen-bond donors (Lipinski definition) is 0. The summed E-state index contributed by atoms with van der Waals surface area (Å²) < 4.78 is 28.7. The summed E-state index contributed by atoms with van der Waals surface area (Å²) in [5.74, 6) is 0.0688. The topological polar surface area (TPSA) is 109 Å². The Morgan fingerprint density at radius 1 is 1.00 bits per heavy atom. The molecule has 0 unspecified atom stereocenters. The molecule has 1 aromatic carbocycles. The van der Waals surface area contributed by atoms with Crippen molar-refractivity contribution in [2.45, 2.75) is 4.21 Å². The Labute approximate surface area is 198 Å². The Balaban J connectivity index is 1.26. The Hall–Kier alpha value is -2.99. The van der Waals surface area contributed by atoms with Crippen LogP contribution in [-0.4, -0.2) is 69.9 Å². The first-order valence-electron chi connectivity index (χ1n) is 10.0. The van der Waals surface area contributed by atoms with E-state index in [1.165, 1.54) is 21.8 Å². The molecular formula is C21H17ClN6O3S2. The number of rotatable bonds is 4. The molecular weight excluding hydrogens is 484 g/mol. The first-order chi connectivity index (χ1) is 15.9. The van der Waals surface area contributed by atoms with Crippen molar-refractivity contribution in [1.82, 2.24) is 29.4 Å². The third-order valence-electron chi connectivity index (χ3n) is 5.30. The number of hydrogen-bond acceptors (Lipinski definition) is 8. The van der Waals surface area contributed by atoms with E-state index in [0.717, 1.165) is 15.6 Å². The lowest BCUT2D eigenvalue weighted by molar-refractivity contribution is 0.0690. The van der Waals surface area contributed by atoms with Crippen molar-refractivity contribution >= 4 is 49.0 Å². The number of pyridine rings is 1. The summed E-state index contributed by atoms with van der Waals surface area (Å²) in [6.07, 6.45) is 4.63. The van der Waals surface area contributed by atoms with Crippen LogP contribution >= 0.6 is 22.9 Å². The summed E-state index contributed by atoms with van der Waals surface area (Å²) in [5.41, 5.74) is 0.865. The summed E-state index contributed by atoms with van der Waals surface area (Å²) in [5, 5.41) is 9.44. The molecule has 5 rings (SSSR count). The van der Waals surface area contributed by atoms with Crippen molar-refractivity contribution in [3.63, 3.8) is 0 Å². The fourth-order valence-electron chi connectivity index (χ4n) is 3.53. The third kappa shape index (κ3) is 4.32. The van der Waals surface area contributed by atoms with Crippen LogP contribution < -0.4 is 0 Å². The number of sulfonamides is 1. The van der Waals surface area contributed by atoms with Gasteiger partial charge in [-0.25, -0.2) is 13.4 Å². The van der Waals surface area contributed by atoms with E-state index in [4.69, 9.17) is 11.6 Å². The molecule has 0 bridgehead atoms. The summed E-state index contributed by atoms with van der Waals surface area (Å²) in [6.45, 7) is 0.892. The fraction of sp³-hybridized carbons (Fsp3) is 0.190. The zero-order valence-electron chi connectivity index (χ0n) is 17.1. The van der Waals surface area contributed by atoms with Gasteiger partial charge >= 0.3 is 0 Å². The van der Waals surface area contributed by atoms with Gasteiger partial charge in [-0.2, -0.15) is 4.31 Å². The van der Waals surface area contributed by atoms with Crippen molar-refractivity contribution in [3.8, 4) is 11.4 Å². The Bertz CT molecular complexity index is 1420. The van der Waals surface area contributed by atoms with Crippen molar-refractivity contribution in [1.29, 1.82) is 0 Å². The number of carbonyl (C=O) groups excluding carboxylic acids is 1. The van der Waals surface area contributed by atoms with Crippen LogP contribution in [0.2, 0.25) is 5.02 Å². The zero-order chi connectivity index (χ0) is 23.0. The second-order valence-corrected chi connectivity index (χ2v) is 11.0. The Kier molecular flexibility index (Phi) is 5.79. The molecule has 1 saturated heterocycles. The van der Waals surface area contributed by atoms with E-state index in [2.05, 4.69) is 20.2 Å². The number of thiophene rings is 1. The van der Waals surface area contributed by atoms with E-state index in [-0.39, 0.29) is 42.0 Å². The lowest BCUT2D eigenvalue weighted by Crippen LogP contribution is -2.50. The highest BCUT2D eigenvalue weighted by atomic mass is 35.5. The van der Waals surface area contributed by atoms with Gasteiger partial charge < -0.3 is 4.90 Å². The van der Waals surface area contributed by atoms with Gasteiger partial charge in [-0.3, -0.25) is 9.78 Å². The monoisotopic (exact) mass is 500 g/mol. The number of piperazine rings is 1. The Morgan fingerprint density at radius 2 is 1.76 bits per heavy atom. The quantitative estimate of drug-likeness (QED) is 0.423. The number of benzene rings is 1. The molecule has 168 valence electrons. The molecule has 0 radical (unpaired) electrons. The molecule has 0 aliphatic carbocycles. The number of amides is 1. The van der Waals surface area contributed by atoms with Gasteiger partial charge in [-0.15, -0.1) is 21.5 Å². The molecule has 4 aromatic rings. The minimum atomic E-state index is -3.66. The van der Waals surface area contributed by atoms with Gasteiger partial charge in [0.2, 0.25) is 0 Å². The van der Waals surface area contributed by atoms with Crippen LogP contribution in [0.5, 0.6) is 0 Å². The normalized spacial score (nSPS) is 15.1. The molecule has 12 heteroatoms. The second-order valence-electron chi connectivity index (χ2n) is 7.35. The number of nitrogens with zero attached hydrogens (tertiary/aromatic N) is 6. The Morgan fingerprint density at radius 3 is 2.45 bits per heavy atom. The number of fused-ring (bicyclic) bond motifs is 1. The molecule has 4 heterocycles. The maximum atomic E-state index is 13.1. The van der Waals surface area contributed by atoms with Crippen LogP contribution in [0.3, 0.4) is 0 Å². The highest BCUT2D eigenvalue weighted by molar-refractivity contribution is 7.91. The molecule has 0 saturated carbocycles. The van der Waals surface area contributed by atoms with Crippen LogP contribution in [0, 0.1) is 0 Å². The van der Waals surface area contributed by atoms with E-state index in [9.17, 15) is 13.2 Å². The van der Waals surface area contributed by atoms with Crippen LogP contribution in [0.4, 0.5) is 0 Å². The van der Waals surface area contributed by atoms with E-state index in [1.807, 2.05) is 0 Å². The minimum Gasteiger partial charge on any atom is -0.335 e. The first kappa shape index (κ1) is 21.8. The van der Waals surface area contributed by atoms with Crippen molar-refractivity contribution in [2.75, 3.05) is 26.2 Å². The maximum Gasteiger partial charge on any atom is 0.276 e. The van der Waals surface area contributed by atoms with Crippen molar-refractivity contribution in [2.24, 2.45) is 0 Å². The van der Waals surface area contributed by atoms with E-state index < -0.39 is 10.0 Å². The molecule has 1 aliphatic heterocycles. The lowest BCUT2D eigenvalue weighted by Gasteiger charge is -2.33. The van der Waals surface area contributed by atoms with Gasteiger partial charge in [0.15, 0.2) is 11.5 Å². The average Bonchev–Trinajstić information content (AvgIpc) is 3.28. The van der Waals surface area contributed by atoms with Gasteiger partial charge in [-0.1, -0.05) is 17.7 Å². The molecule has 1 fully saturated rings. The lowest BCUT2D eigenvalue weighted by atomic mass is 10.2. The van der Waals surface area contributed by atoms with Crippen LogP contribution in [0.25, 0.3) is 21.5 Å². The summed E-state index contributed by atoms with van der Waals surface area (Å²) in [4.78, 5) is 22.6. The minimum absolute atomic E-state index is 0.116. The van der Waals surface area contributed by atoms with Gasteiger partial charge in [0, 0.05) is 53.9 Å². The van der Waals surface area contributed by atoms with Gasteiger partial charge in [-0.05, 0) is 35.7 Å². The van der Waals surface area contributed by atoms with E-state index >= 15 is 0 Å². The van der Waals surface area contributed by atoms with Crippen LogP contribution in [0.15, 0.2) is 59.2 Å². The molecule has 0 N–H and O–H groups in total. The molecule has 0 atom stereocenters. The maximum absolute atomic E-state index is 13.1. The zero-order valence-corrected chi connectivity index (χ0v) is 19.5. The van der Waals surface area contributed by atoms with Crippen LogP contribution in [0.1, 0.15) is 10.5 Å². The average molecular weight is 501 g/mol. The molecule has 1 aliphatic rings. The number of carbonyl (C=O) groups is 1. The highest BCUT2D eigenvalue weighted by Crippen LogP contribution is 2.33. The summed E-state index contributed by atoms with van der Waals surface area (Å²) in [6, 6.07) is 10.5. The predicted octanol–water partition coefficient (Wildman–Crippen LogP) is 2.95. The predicted molar refractivity (Wildman–Crippen MR) is 125 cm³/mol. The van der Waals surface area contributed by atoms with Gasteiger partial charge in [0.05, 0.1) is 6.20 Å².